The minimum absolute atomic E-state index is 0.0238. The number of rotatable bonds is 6. The second-order valence-electron chi connectivity index (χ2n) is 7.14. The molecule has 3 rings (SSSR count). The first-order chi connectivity index (χ1) is 12.9. The average molecular weight is 364 g/mol. The second kappa shape index (κ2) is 7.76. The van der Waals surface area contributed by atoms with Crippen LogP contribution in [-0.4, -0.2) is 42.3 Å². The molecule has 2 aromatic carbocycles. The van der Waals surface area contributed by atoms with Gasteiger partial charge in [-0.2, -0.15) is 0 Å². The van der Waals surface area contributed by atoms with Gasteiger partial charge in [-0.05, 0) is 37.1 Å². The highest BCUT2D eigenvalue weighted by Crippen LogP contribution is 2.25. The molecule has 27 heavy (non-hydrogen) atoms. The molecular formula is C22H24N2O3. The first-order valence-corrected chi connectivity index (χ1v) is 8.81. The zero-order valence-electron chi connectivity index (χ0n) is 16.1. The lowest BCUT2D eigenvalue weighted by Gasteiger charge is -2.35. The topological polar surface area (TPSA) is 55.6 Å². The zero-order valence-corrected chi connectivity index (χ0v) is 16.1. The van der Waals surface area contributed by atoms with Crippen molar-refractivity contribution in [1.29, 1.82) is 0 Å². The van der Waals surface area contributed by atoms with Gasteiger partial charge in [0.15, 0.2) is 5.76 Å². The van der Waals surface area contributed by atoms with Gasteiger partial charge in [0.1, 0.15) is 0 Å². The van der Waals surface area contributed by atoms with Gasteiger partial charge in [0.2, 0.25) is 0 Å². The van der Waals surface area contributed by atoms with E-state index >= 15 is 0 Å². The largest absolute Gasteiger partial charge is 0.382 e. The molecule has 0 aliphatic carbocycles. The molecule has 0 saturated carbocycles. The van der Waals surface area contributed by atoms with Crippen LogP contribution >= 0.6 is 0 Å². The summed E-state index contributed by atoms with van der Waals surface area (Å²) in [5.41, 5.74) is 3.38. The summed E-state index contributed by atoms with van der Waals surface area (Å²) in [5, 5.41) is 3.73. The predicted octanol–water partition coefficient (Wildman–Crippen LogP) is 4.51. The molecule has 1 heterocycles. The summed E-state index contributed by atoms with van der Waals surface area (Å²) in [5.74, 6) is 0.716. The van der Waals surface area contributed by atoms with Crippen molar-refractivity contribution in [1.82, 2.24) is 10.1 Å². The Balaban J connectivity index is 1.76. The summed E-state index contributed by atoms with van der Waals surface area (Å²) in [6.07, 6.45) is 1.63. The van der Waals surface area contributed by atoms with Crippen molar-refractivity contribution < 1.29 is 14.1 Å². The maximum atomic E-state index is 12.7. The number of benzene rings is 2. The number of ether oxygens (including phenoxy) is 1. The van der Waals surface area contributed by atoms with E-state index < -0.39 is 0 Å². The Labute approximate surface area is 159 Å². The van der Waals surface area contributed by atoms with E-state index in [1.54, 1.807) is 25.3 Å². The fourth-order valence-electron chi connectivity index (χ4n) is 2.92. The molecule has 0 saturated heterocycles. The number of likely N-dealkylation sites (N-methyl/N-ethyl adjacent to an activating group) is 1. The smallest absolute Gasteiger partial charge is 0.254 e. The van der Waals surface area contributed by atoms with Crippen LogP contribution in [-0.2, 0) is 4.74 Å². The van der Waals surface area contributed by atoms with Gasteiger partial charge >= 0.3 is 0 Å². The Hall–Kier alpha value is -2.92. The monoisotopic (exact) mass is 364 g/mol. The van der Waals surface area contributed by atoms with Gasteiger partial charge in [0.25, 0.3) is 5.91 Å². The van der Waals surface area contributed by atoms with Gasteiger partial charge in [-0.1, -0.05) is 41.6 Å². The molecular weight excluding hydrogens is 340 g/mol. The Morgan fingerprint density at radius 2 is 1.56 bits per heavy atom. The number of methoxy groups -OCH3 is 1. The van der Waals surface area contributed by atoms with Crippen molar-refractivity contribution in [2.45, 2.75) is 19.4 Å². The average Bonchev–Trinajstić information content (AvgIpc) is 3.22. The first kappa shape index (κ1) is 18.9. The summed E-state index contributed by atoms with van der Waals surface area (Å²) in [7, 11) is 3.44. The minimum atomic E-state index is -0.374. The Bertz CT molecular complexity index is 882. The van der Waals surface area contributed by atoms with Gasteiger partial charge in [0, 0.05) is 31.4 Å². The van der Waals surface area contributed by atoms with E-state index in [4.69, 9.17) is 9.26 Å². The van der Waals surface area contributed by atoms with E-state index in [0.29, 0.717) is 12.2 Å². The summed E-state index contributed by atoms with van der Waals surface area (Å²) in [4.78, 5) is 14.5. The highest BCUT2D eigenvalue weighted by molar-refractivity contribution is 5.95. The normalized spacial score (nSPS) is 11.4. The molecule has 0 aliphatic heterocycles. The lowest BCUT2D eigenvalue weighted by Crippen LogP contribution is -2.48. The lowest BCUT2D eigenvalue weighted by molar-refractivity contribution is 0.0366. The van der Waals surface area contributed by atoms with Gasteiger partial charge in [-0.3, -0.25) is 4.79 Å². The predicted molar refractivity (Wildman–Crippen MR) is 105 cm³/mol. The molecule has 0 fully saturated rings. The maximum absolute atomic E-state index is 12.7. The molecule has 0 aliphatic rings. The third-order valence-electron chi connectivity index (χ3n) is 4.78. The van der Waals surface area contributed by atoms with Crippen LogP contribution in [0.15, 0.2) is 65.3 Å². The van der Waals surface area contributed by atoms with Crippen LogP contribution in [0.2, 0.25) is 0 Å². The Kier molecular flexibility index (Phi) is 5.42. The summed E-state index contributed by atoms with van der Waals surface area (Å²) < 4.78 is 10.4. The van der Waals surface area contributed by atoms with E-state index in [0.717, 1.165) is 22.5 Å². The van der Waals surface area contributed by atoms with Gasteiger partial charge in [0.05, 0.1) is 18.3 Å². The van der Waals surface area contributed by atoms with E-state index in [1.807, 2.05) is 68.4 Å². The Morgan fingerprint density at radius 1 is 1.00 bits per heavy atom. The first-order valence-electron chi connectivity index (χ1n) is 8.81. The van der Waals surface area contributed by atoms with Crippen molar-refractivity contribution in [3.8, 4) is 22.5 Å². The van der Waals surface area contributed by atoms with Crippen LogP contribution in [0.5, 0.6) is 0 Å². The van der Waals surface area contributed by atoms with Crippen LogP contribution in [0.1, 0.15) is 24.2 Å². The van der Waals surface area contributed by atoms with Crippen LogP contribution in [0, 0.1) is 0 Å². The molecule has 5 nitrogen and oxygen atoms in total. The molecule has 0 radical (unpaired) electrons. The van der Waals surface area contributed by atoms with Crippen molar-refractivity contribution in [2.75, 3.05) is 20.8 Å². The van der Waals surface area contributed by atoms with Crippen LogP contribution < -0.4 is 0 Å². The zero-order chi connectivity index (χ0) is 19.4. The molecule has 0 unspecified atom stereocenters. The van der Waals surface area contributed by atoms with Gasteiger partial charge < -0.3 is 14.2 Å². The molecule has 5 heteroatoms. The van der Waals surface area contributed by atoms with E-state index in [9.17, 15) is 4.79 Å². The molecule has 140 valence electrons. The summed E-state index contributed by atoms with van der Waals surface area (Å²) >= 11 is 0. The van der Waals surface area contributed by atoms with E-state index in [-0.39, 0.29) is 11.4 Å². The number of amides is 1. The van der Waals surface area contributed by atoms with Crippen molar-refractivity contribution in [3.05, 3.63) is 66.4 Å². The van der Waals surface area contributed by atoms with Crippen molar-refractivity contribution >= 4 is 5.91 Å². The number of hydrogen-bond donors (Lipinski definition) is 0. The van der Waals surface area contributed by atoms with Gasteiger partial charge in [-0.15, -0.1) is 0 Å². The Morgan fingerprint density at radius 3 is 2.07 bits per heavy atom. The summed E-state index contributed by atoms with van der Waals surface area (Å²) in [6.45, 7) is 4.45. The maximum Gasteiger partial charge on any atom is 0.254 e. The van der Waals surface area contributed by atoms with E-state index in [1.165, 1.54) is 0 Å². The fraction of sp³-hybridized carbons (Fsp3) is 0.273. The number of nitrogens with zero attached hydrogens (tertiary/aromatic N) is 2. The standard InChI is InChI=1S/C22H24N2O3/c1-22(2,15-26-4)24(3)21(25)19-11-7-17(8-12-19)16-5-9-18(10-6-16)20-13-14-23-27-20/h5-14H,15H2,1-4H3. The van der Waals surface area contributed by atoms with Crippen LogP contribution in [0.4, 0.5) is 0 Å². The second-order valence-corrected chi connectivity index (χ2v) is 7.14. The third kappa shape index (κ3) is 4.09. The highest BCUT2D eigenvalue weighted by Gasteiger charge is 2.28. The van der Waals surface area contributed by atoms with Crippen LogP contribution in [0.25, 0.3) is 22.5 Å². The number of aromatic nitrogens is 1. The number of hydrogen-bond acceptors (Lipinski definition) is 4. The fourth-order valence-corrected chi connectivity index (χ4v) is 2.92. The molecule has 0 spiro atoms. The molecule has 1 aromatic heterocycles. The van der Waals surface area contributed by atoms with Crippen molar-refractivity contribution in [3.63, 3.8) is 0 Å². The SMILES string of the molecule is COCC(C)(C)N(C)C(=O)c1ccc(-c2ccc(-c3ccno3)cc2)cc1. The highest BCUT2D eigenvalue weighted by atomic mass is 16.5. The van der Waals surface area contributed by atoms with Gasteiger partial charge in [-0.25, -0.2) is 0 Å². The van der Waals surface area contributed by atoms with Crippen molar-refractivity contribution in [2.24, 2.45) is 0 Å². The molecule has 0 bridgehead atoms. The molecule has 3 aromatic rings. The van der Waals surface area contributed by atoms with Crippen LogP contribution in [0.3, 0.4) is 0 Å². The number of carbonyl (C=O) groups is 1. The number of carbonyl (C=O) groups excluding carboxylic acids is 1. The van der Waals surface area contributed by atoms with E-state index in [2.05, 4.69) is 5.16 Å². The quantitative estimate of drug-likeness (QED) is 0.646. The summed E-state index contributed by atoms with van der Waals surface area (Å²) in [6, 6.07) is 17.5. The third-order valence-corrected chi connectivity index (χ3v) is 4.78. The molecule has 1 amide bonds. The molecule has 0 N–H and O–H groups in total. The minimum Gasteiger partial charge on any atom is -0.382 e. The molecule has 0 atom stereocenters. The lowest BCUT2D eigenvalue weighted by atomic mass is 10.00.